The third kappa shape index (κ3) is 11.3. The molecule has 1 heteroatoms. The van der Waals surface area contributed by atoms with E-state index in [2.05, 4.69) is 20.8 Å². The van der Waals surface area contributed by atoms with E-state index in [1.54, 1.807) is 0 Å². The van der Waals surface area contributed by atoms with Crippen molar-refractivity contribution in [1.29, 1.82) is 0 Å². The summed E-state index contributed by atoms with van der Waals surface area (Å²) in [5.74, 6) is 0. The Morgan fingerprint density at radius 2 is 0.955 bits per heavy atom. The number of hydrogen-bond acceptors (Lipinski definition) is 1. The van der Waals surface area contributed by atoms with Crippen molar-refractivity contribution >= 4 is 6.29 Å². The molecule has 0 N–H and O–H groups in total. The molecule has 0 amide bonds. The summed E-state index contributed by atoms with van der Waals surface area (Å²) >= 11 is 0. The van der Waals surface area contributed by atoms with E-state index in [9.17, 15) is 4.79 Å². The molecule has 0 spiro atoms. The summed E-state index contributed by atoms with van der Waals surface area (Å²) < 4.78 is 0. The molecule has 0 saturated heterocycles. The molecule has 0 aromatic heterocycles. The minimum atomic E-state index is -0.0161. The summed E-state index contributed by atoms with van der Waals surface area (Å²) in [4.78, 5) is 11.2. The van der Waals surface area contributed by atoms with Crippen LogP contribution in [0.25, 0.3) is 0 Å². The van der Waals surface area contributed by atoms with Crippen molar-refractivity contribution in [1.82, 2.24) is 0 Å². The minimum Gasteiger partial charge on any atom is -0.303 e. The van der Waals surface area contributed by atoms with Crippen molar-refractivity contribution in [2.75, 3.05) is 0 Å². The Labute approximate surface area is 140 Å². The van der Waals surface area contributed by atoms with Crippen LogP contribution in [0.1, 0.15) is 124 Å². The highest BCUT2D eigenvalue weighted by molar-refractivity contribution is 5.58. The SMILES string of the molecule is CCCCCCCCCCCCCCCC(C=O)(CC)CC. The lowest BCUT2D eigenvalue weighted by atomic mass is 9.79. The first-order valence-electron chi connectivity index (χ1n) is 10.2. The topological polar surface area (TPSA) is 17.1 Å². The molecular weight excluding hydrogens is 268 g/mol. The van der Waals surface area contributed by atoms with Crippen LogP contribution in [0.3, 0.4) is 0 Å². The van der Waals surface area contributed by atoms with E-state index in [0.717, 1.165) is 19.3 Å². The molecule has 0 aliphatic heterocycles. The predicted molar refractivity (Wildman–Crippen MR) is 99.4 cm³/mol. The van der Waals surface area contributed by atoms with Gasteiger partial charge in [0, 0.05) is 5.41 Å². The van der Waals surface area contributed by atoms with Crippen LogP contribution in [0, 0.1) is 5.41 Å². The molecule has 0 fully saturated rings. The first-order chi connectivity index (χ1) is 10.7. The van der Waals surface area contributed by atoms with Gasteiger partial charge in [0.2, 0.25) is 0 Å². The Morgan fingerprint density at radius 3 is 1.27 bits per heavy atom. The molecule has 22 heavy (non-hydrogen) atoms. The van der Waals surface area contributed by atoms with Gasteiger partial charge in [-0.3, -0.25) is 0 Å². The number of carbonyl (C=O) groups excluding carboxylic acids is 1. The van der Waals surface area contributed by atoms with E-state index in [0.29, 0.717) is 0 Å². The van der Waals surface area contributed by atoms with Crippen molar-refractivity contribution in [3.8, 4) is 0 Å². The third-order valence-corrected chi connectivity index (χ3v) is 5.44. The highest BCUT2D eigenvalue weighted by Crippen LogP contribution is 2.30. The third-order valence-electron chi connectivity index (χ3n) is 5.44. The van der Waals surface area contributed by atoms with Gasteiger partial charge in [0.15, 0.2) is 0 Å². The van der Waals surface area contributed by atoms with Crippen LogP contribution in [0.5, 0.6) is 0 Å². The summed E-state index contributed by atoms with van der Waals surface area (Å²) in [6.45, 7) is 6.59. The normalized spacial score (nSPS) is 11.8. The molecule has 0 aromatic carbocycles. The summed E-state index contributed by atoms with van der Waals surface area (Å²) in [7, 11) is 0. The highest BCUT2D eigenvalue weighted by atomic mass is 16.1. The molecule has 0 bridgehead atoms. The van der Waals surface area contributed by atoms with E-state index in [4.69, 9.17) is 0 Å². The van der Waals surface area contributed by atoms with E-state index >= 15 is 0 Å². The van der Waals surface area contributed by atoms with Gasteiger partial charge in [0.05, 0.1) is 0 Å². The Morgan fingerprint density at radius 1 is 0.591 bits per heavy atom. The molecule has 0 atom stereocenters. The minimum absolute atomic E-state index is 0.0161. The molecule has 132 valence electrons. The average molecular weight is 311 g/mol. The maximum atomic E-state index is 11.2. The number of rotatable bonds is 17. The van der Waals surface area contributed by atoms with Gasteiger partial charge in [-0.05, 0) is 19.3 Å². The molecule has 0 rings (SSSR count). The second-order valence-electron chi connectivity index (χ2n) is 7.18. The maximum Gasteiger partial charge on any atom is 0.126 e. The predicted octanol–water partition coefficient (Wildman–Crippen LogP) is 7.47. The zero-order chi connectivity index (χ0) is 16.5. The summed E-state index contributed by atoms with van der Waals surface area (Å²) in [5, 5.41) is 0. The lowest BCUT2D eigenvalue weighted by Gasteiger charge is -2.24. The number of hydrogen-bond donors (Lipinski definition) is 0. The smallest absolute Gasteiger partial charge is 0.126 e. The first-order valence-corrected chi connectivity index (χ1v) is 10.2. The zero-order valence-electron chi connectivity index (χ0n) is 15.8. The Bertz CT molecular complexity index is 230. The lowest BCUT2D eigenvalue weighted by molar-refractivity contribution is -0.117. The zero-order valence-corrected chi connectivity index (χ0v) is 15.8. The van der Waals surface area contributed by atoms with Crippen LogP contribution >= 0.6 is 0 Å². The van der Waals surface area contributed by atoms with Crippen molar-refractivity contribution in [2.24, 2.45) is 5.41 Å². The summed E-state index contributed by atoms with van der Waals surface area (Å²) in [6, 6.07) is 0. The van der Waals surface area contributed by atoms with Crippen LogP contribution in [-0.2, 0) is 4.79 Å². The second-order valence-corrected chi connectivity index (χ2v) is 7.18. The van der Waals surface area contributed by atoms with Crippen molar-refractivity contribution in [3.05, 3.63) is 0 Å². The largest absolute Gasteiger partial charge is 0.303 e. The van der Waals surface area contributed by atoms with Gasteiger partial charge in [-0.1, -0.05) is 104 Å². The Balaban J connectivity index is 3.28. The van der Waals surface area contributed by atoms with Crippen molar-refractivity contribution < 1.29 is 4.79 Å². The van der Waals surface area contributed by atoms with Gasteiger partial charge in [0.1, 0.15) is 6.29 Å². The Hall–Kier alpha value is -0.330. The van der Waals surface area contributed by atoms with Crippen molar-refractivity contribution in [2.45, 2.75) is 124 Å². The molecule has 0 unspecified atom stereocenters. The second kappa shape index (κ2) is 15.6. The Kier molecular flexibility index (Phi) is 15.3. The van der Waals surface area contributed by atoms with E-state index in [-0.39, 0.29) is 5.41 Å². The van der Waals surface area contributed by atoms with Gasteiger partial charge >= 0.3 is 0 Å². The van der Waals surface area contributed by atoms with E-state index in [1.807, 2.05) is 0 Å². The van der Waals surface area contributed by atoms with Gasteiger partial charge in [-0.15, -0.1) is 0 Å². The number of unbranched alkanes of at least 4 members (excludes halogenated alkanes) is 12. The number of carbonyl (C=O) groups is 1. The number of aldehydes is 1. The van der Waals surface area contributed by atoms with Crippen molar-refractivity contribution in [3.63, 3.8) is 0 Å². The molecule has 0 aromatic rings. The van der Waals surface area contributed by atoms with Crippen LogP contribution in [0.15, 0.2) is 0 Å². The summed E-state index contributed by atoms with van der Waals surface area (Å²) in [6.07, 6.45) is 22.4. The fourth-order valence-electron chi connectivity index (χ4n) is 3.32. The molecule has 0 heterocycles. The fraction of sp³-hybridized carbons (Fsp3) is 0.952. The van der Waals surface area contributed by atoms with Gasteiger partial charge in [0.25, 0.3) is 0 Å². The van der Waals surface area contributed by atoms with E-state index in [1.165, 1.54) is 89.8 Å². The molecule has 0 radical (unpaired) electrons. The van der Waals surface area contributed by atoms with Gasteiger partial charge in [-0.25, -0.2) is 0 Å². The first kappa shape index (κ1) is 21.7. The molecule has 0 aliphatic carbocycles. The van der Waals surface area contributed by atoms with Gasteiger partial charge in [-0.2, -0.15) is 0 Å². The average Bonchev–Trinajstić information content (AvgIpc) is 2.56. The van der Waals surface area contributed by atoms with Crippen LogP contribution in [0.2, 0.25) is 0 Å². The van der Waals surface area contributed by atoms with Crippen LogP contribution in [-0.4, -0.2) is 6.29 Å². The van der Waals surface area contributed by atoms with Crippen LogP contribution < -0.4 is 0 Å². The molecule has 0 saturated carbocycles. The quantitative estimate of drug-likeness (QED) is 0.201. The monoisotopic (exact) mass is 310 g/mol. The molecule has 1 nitrogen and oxygen atoms in total. The van der Waals surface area contributed by atoms with Crippen LogP contribution in [0.4, 0.5) is 0 Å². The van der Waals surface area contributed by atoms with Gasteiger partial charge < -0.3 is 4.79 Å². The van der Waals surface area contributed by atoms with E-state index < -0.39 is 0 Å². The lowest BCUT2D eigenvalue weighted by Crippen LogP contribution is -2.20. The fourth-order valence-corrected chi connectivity index (χ4v) is 3.32. The standard InChI is InChI=1S/C21H42O/c1-4-7-8-9-10-11-12-13-14-15-16-17-18-19-21(5-2,6-3)20-22/h20H,4-19H2,1-3H3. The molecule has 0 aliphatic rings. The highest BCUT2D eigenvalue weighted by Gasteiger charge is 2.24. The molecular formula is C21H42O. The summed E-state index contributed by atoms with van der Waals surface area (Å²) in [5.41, 5.74) is -0.0161. The maximum absolute atomic E-state index is 11.2.